The highest BCUT2D eigenvalue weighted by Gasteiger charge is 2.22. The summed E-state index contributed by atoms with van der Waals surface area (Å²) in [6.45, 7) is 0.916. The van der Waals surface area contributed by atoms with Gasteiger partial charge in [-0.1, -0.05) is 0 Å². The van der Waals surface area contributed by atoms with Crippen LogP contribution in [-0.2, 0) is 0 Å². The molecule has 1 aromatic rings. The van der Waals surface area contributed by atoms with Crippen LogP contribution < -0.4 is 4.90 Å². The number of aldehydes is 1. The van der Waals surface area contributed by atoms with E-state index in [9.17, 15) is 18.7 Å². The quantitative estimate of drug-likeness (QED) is 0.775. The fourth-order valence-corrected chi connectivity index (χ4v) is 1.84. The molecule has 0 aromatic heterocycles. The number of carbonyl (C=O) groups is 1. The molecule has 0 saturated carbocycles. The summed E-state index contributed by atoms with van der Waals surface area (Å²) in [5.41, 5.74) is -0.194. The molecule has 16 heavy (non-hydrogen) atoms. The number of aliphatic hydroxyl groups excluding tert-OH is 1. The first kappa shape index (κ1) is 11.0. The molecule has 1 aliphatic rings. The molecule has 0 unspecified atom stereocenters. The maximum Gasteiger partial charge on any atom is 0.155 e. The molecule has 3 nitrogen and oxygen atoms in total. The highest BCUT2D eigenvalue weighted by Crippen LogP contribution is 2.24. The van der Waals surface area contributed by atoms with E-state index in [0.29, 0.717) is 25.2 Å². The molecule has 2 rings (SSSR count). The molecule has 0 aliphatic carbocycles. The second-order valence-corrected chi connectivity index (χ2v) is 3.83. The molecule has 1 atom stereocenters. The lowest BCUT2D eigenvalue weighted by Gasteiger charge is -2.18. The molecular formula is C11H11F2NO2. The molecular weight excluding hydrogens is 216 g/mol. The molecule has 0 bridgehead atoms. The summed E-state index contributed by atoms with van der Waals surface area (Å²) in [5, 5.41) is 9.31. The minimum atomic E-state index is -0.869. The number of hydrogen-bond acceptors (Lipinski definition) is 3. The Morgan fingerprint density at radius 1 is 1.38 bits per heavy atom. The smallest absolute Gasteiger partial charge is 0.155 e. The summed E-state index contributed by atoms with van der Waals surface area (Å²) in [6, 6.07) is 2.23. The second kappa shape index (κ2) is 4.17. The van der Waals surface area contributed by atoms with Gasteiger partial charge in [-0.25, -0.2) is 8.78 Å². The van der Waals surface area contributed by atoms with Crippen molar-refractivity contribution in [1.29, 1.82) is 0 Å². The minimum absolute atomic E-state index is 0.160. The standard InChI is InChI=1S/C11H11F2NO2/c12-10-3-7(4-11(13)9(10)6-15)14-2-1-8(16)5-14/h3-4,6,8,16H,1-2,5H2/t8-/m1/s1. The number of halogens is 2. The lowest BCUT2D eigenvalue weighted by molar-refractivity contribution is 0.111. The van der Waals surface area contributed by atoms with Gasteiger partial charge in [0.1, 0.15) is 11.6 Å². The minimum Gasteiger partial charge on any atom is -0.391 e. The zero-order valence-corrected chi connectivity index (χ0v) is 8.49. The van der Waals surface area contributed by atoms with E-state index >= 15 is 0 Å². The Labute approximate surface area is 91.3 Å². The van der Waals surface area contributed by atoms with Crippen molar-refractivity contribution in [1.82, 2.24) is 0 Å². The van der Waals surface area contributed by atoms with Gasteiger partial charge < -0.3 is 10.0 Å². The number of β-amino-alcohol motifs (C(OH)–C–C–N with tert-alkyl or cyclic N) is 1. The zero-order valence-electron chi connectivity index (χ0n) is 8.49. The summed E-state index contributed by atoms with van der Waals surface area (Å²) in [7, 11) is 0. The molecule has 1 heterocycles. The van der Waals surface area contributed by atoms with Gasteiger partial charge in [0.25, 0.3) is 0 Å². The van der Waals surface area contributed by atoms with Crippen molar-refractivity contribution in [2.75, 3.05) is 18.0 Å². The van der Waals surface area contributed by atoms with Crippen molar-refractivity contribution >= 4 is 12.0 Å². The predicted molar refractivity (Wildman–Crippen MR) is 54.6 cm³/mol. The molecule has 0 spiro atoms. The average Bonchev–Trinajstić information content (AvgIpc) is 2.64. The van der Waals surface area contributed by atoms with Gasteiger partial charge >= 0.3 is 0 Å². The Bertz CT molecular complexity index is 399. The SMILES string of the molecule is O=Cc1c(F)cc(N2CC[C@@H](O)C2)cc1F. The molecule has 1 aromatic carbocycles. The van der Waals surface area contributed by atoms with E-state index in [1.54, 1.807) is 4.90 Å². The van der Waals surface area contributed by atoms with Crippen LogP contribution >= 0.6 is 0 Å². The lowest BCUT2D eigenvalue weighted by Crippen LogP contribution is -2.21. The maximum absolute atomic E-state index is 13.3. The highest BCUT2D eigenvalue weighted by atomic mass is 19.1. The monoisotopic (exact) mass is 227 g/mol. The second-order valence-electron chi connectivity index (χ2n) is 3.83. The Balaban J connectivity index is 2.33. The zero-order chi connectivity index (χ0) is 11.7. The maximum atomic E-state index is 13.3. The van der Waals surface area contributed by atoms with E-state index in [4.69, 9.17) is 0 Å². The van der Waals surface area contributed by atoms with Crippen molar-refractivity contribution in [3.05, 3.63) is 29.3 Å². The topological polar surface area (TPSA) is 40.5 Å². The Kier molecular flexibility index (Phi) is 2.87. The third-order valence-corrected chi connectivity index (χ3v) is 2.71. The van der Waals surface area contributed by atoms with Gasteiger partial charge in [-0.3, -0.25) is 4.79 Å². The van der Waals surface area contributed by atoms with Crippen LogP contribution in [-0.4, -0.2) is 30.6 Å². The van der Waals surface area contributed by atoms with Gasteiger partial charge in [0.05, 0.1) is 11.7 Å². The number of nitrogens with zero attached hydrogens (tertiary/aromatic N) is 1. The predicted octanol–water partition coefficient (Wildman–Crippen LogP) is 1.35. The van der Waals surface area contributed by atoms with Crippen molar-refractivity contribution < 1.29 is 18.7 Å². The highest BCUT2D eigenvalue weighted by molar-refractivity contribution is 5.77. The van der Waals surface area contributed by atoms with Crippen LogP contribution in [0, 0.1) is 11.6 Å². The molecule has 86 valence electrons. The van der Waals surface area contributed by atoms with Gasteiger partial charge in [0.15, 0.2) is 6.29 Å². The molecule has 5 heteroatoms. The summed E-state index contributed by atoms with van der Waals surface area (Å²) in [6.07, 6.45) is 0.281. The first-order valence-electron chi connectivity index (χ1n) is 4.99. The van der Waals surface area contributed by atoms with Crippen molar-refractivity contribution in [3.63, 3.8) is 0 Å². The number of anilines is 1. The number of rotatable bonds is 2. The number of aliphatic hydroxyl groups is 1. The van der Waals surface area contributed by atoms with Gasteiger partial charge in [0.2, 0.25) is 0 Å². The lowest BCUT2D eigenvalue weighted by atomic mass is 10.2. The summed E-state index contributed by atoms with van der Waals surface area (Å²) in [5.74, 6) is -1.74. The molecule has 0 radical (unpaired) electrons. The van der Waals surface area contributed by atoms with E-state index in [1.807, 2.05) is 0 Å². The first-order valence-corrected chi connectivity index (χ1v) is 4.99. The van der Waals surface area contributed by atoms with E-state index in [1.165, 1.54) is 0 Å². The van der Waals surface area contributed by atoms with Gasteiger partial charge in [-0.05, 0) is 18.6 Å². The number of hydrogen-bond donors (Lipinski definition) is 1. The van der Waals surface area contributed by atoms with Crippen molar-refractivity contribution in [2.45, 2.75) is 12.5 Å². The molecule has 1 saturated heterocycles. The van der Waals surface area contributed by atoms with Crippen LogP contribution in [0.2, 0.25) is 0 Å². The Morgan fingerprint density at radius 2 is 2.00 bits per heavy atom. The fourth-order valence-electron chi connectivity index (χ4n) is 1.84. The van der Waals surface area contributed by atoms with Gasteiger partial charge in [0, 0.05) is 18.8 Å². The van der Waals surface area contributed by atoms with Crippen LogP contribution in [0.25, 0.3) is 0 Å². The van der Waals surface area contributed by atoms with E-state index in [0.717, 1.165) is 12.1 Å². The van der Waals surface area contributed by atoms with Crippen LogP contribution in [0.15, 0.2) is 12.1 Å². The molecule has 1 fully saturated rings. The van der Waals surface area contributed by atoms with Gasteiger partial charge in [-0.2, -0.15) is 0 Å². The largest absolute Gasteiger partial charge is 0.391 e. The van der Waals surface area contributed by atoms with Crippen LogP contribution in [0.5, 0.6) is 0 Å². The molecule has 1 aliphatic heterocycles. The summed E-state index contributed by atoms with van der Waals surface area (Å²) >= 11 is 0. The van der Waals surface area contributed by atoms with Crippen LogP contribution in [0.4, 0.5) is 14.5 Å². The summed E-state index contributed by atoms with van der Waals surface area (Å²) < 4.78 is 26.6. The van der Waals surface area contributed by atoms with Crippen LogP contribution in [0.3, 0.4) is 0 Å². The summed E-state index contributed by atoms with van der Waals surface area (Å²) in [4.78, 5) is 12.1. The average molecular weight is 227 g/mol. The molecule has 0 amide bonds. The Morgan fingerprint density at radius 3 is 2.44 bits per heavy atom. The van der Waals surface area contributed by atoms with Crippen molar-refractivity contribution in [2.24, 2.45) is 0 Å². The van der Waals surface area contributed by atoms with E-state index in [-0.39, 0.29) is 6.29 Å². The van der Waals surface area contributed by atoms with Crippen LogP contribution in [0.1, 0.15) is 16.8 Å². The van der Waals surface area contributed by atoms with Gasteiger partial charge in [-0.15, -0.1) is 0 Å². The third kappa shape index (κ3) is 1.90. The fraction of sp³-hybridized carbons (Fsp3) is 0.364. The third-order valence-electron chi connectivity index (χ3n) is 2.71. The number of carbonyl (C=O) groups excluding carboxylic acids is 1. The first-order chi connectivity index (χ1) is 7.61. The van der Waals surface area contributed by atoms with Crippen molar-refractivity contribution in [3.8, 4) is 0 Å². The van der Waals surface area contributed by atoms with E-state index in [2.05, 4.69) is 0 Å². The normalized spacial score (nSPS) is 20.2. The number of benzene rings is 1. The molecule has 1 N–H and O–H groups in total. The van der Waals surface area contributed by atoms with E-state index < -0.39 is 23.3 Å². The Hall–Kier alpha value is -1.49.